The molecule has 1 aliphatic rings. The van der Waals surface area contributed by atoms with Crippen LogP contribution in [0.15, 0.2) is 52.3 Å². The van der Waals surface area contributed by atoms with Gasteiger partial charge in [-0.2, -0.15) is 0 Å². The Morgan fingerprint density at radius 2 is 1.82 bits per heavy atom. The fourth-order valence-corrected chi connectivity index (χ4v) is 4.84. The minimum atomic E-state index is -3.49. The highest BCUT2D eigenvalue weighted by molar-refractivity contribution is 7.90. The molecule has 0 radical (unpaired) electrons. The molecule has 1 aromatic heterocycles. The zero-order valence-electron chi connectivity index (χ0n) is 18.6. The van der Waals surface area contributed by atoms with Crippen LogP contribution in [0.5, 0.6) is 5.75 Å². The lowest BCUT2D eigenvalue weighted by Gasteiger charge is -2.32. The first-order valence-electron chi connectivity index (χ1n) is 10.5. The summed E-state index contributed by atoms with van der Waals surface area (Å²) in [7, 11) is -1.85. The van der Waals surface area contributed by atoms with Gasteiger partial charge in [0.2, 0.25) is 0 Å². The van der Waals surface area contributed by atoms with Gasteiger partial charge in [0, 0.05) is 55.3 Å². The first kappa shape index (κ1) is 23.0. The Hall–Kier alpha value is -3.20. The van der Waals surface area contributed by atoms with E-state index >= 15 is 0 Å². The second-order valence-corrected chi connectivity index (χ2v) is 10.1. The highest BCUT2D eigenvalue weighted by Crippen LogP contribution is 2.37. The first-order chi connectivity index (χ1) is 15.6. The molecule has 4 rings (SSSR count). The maximum atomic E-state index is 14.5. The lowest BCUT2D eigenvalue weighted by molar-refractivity contribution is 0.341. The average Bonchev–Trinajstić information content (AvgIpc) is 2.76. The molecule has 0 unspecified atom stereocenters. The van der Waals surface area contributed by atoms with Gasteiger partial charge in [0.1, 0.15) is 17.4 Å². The van der Waals surface area contributed by atoms with Crippen LogP contribution in [0, 0.1) is 11.6 Å². The smallest absolute Gasteiger partial charge is 0.253 e. The lowest BCUT2D eigenvalue weighted by atomic mass is 9.92. The molecule has 0 spiro atoms. The highest BCUT2D eigenvalue weighted by Gasteiger charge is 2.27. The van der Waals surface area contributed by atoms with Crippen molar-refractivity contribution in [2.24, 2.45) is 7.05 Å². The number of fused-ring (bicyclic) bond motifs is 1. The van der Waals surface area contributed by atoms with Crippen LogP contribution in [0.4, 0.5) is 14.5 Å². The normalized spacial score (nSPS) is 13.7. The maximum Gasteiger partial charge on any atom is 0.253 e. The minimum Gasteiger partial charge on any atom is -0.493 e. The third kappa shape index (κ3) is 4.37. The van der Waals surface area contributed by atoms with Crippen molar-refractivity contribution < 1.29 is 21.9 Å². The molecule has 0 atom stereocenters. The van der Waals surface area contributed by atoms with Gasteiger partial charge in [-0.05, 0) is 49.2 Å². The van der Waals surface area contributed by atoms with Crippen LogP contribution in [0.2, 0.25) is 0 Å². The van der Waals surface area contributed by atoms with E-state index in [1.807, 2.05) is 6.92 Å². The van der Waals surface area contributed by atoms with Crippen molar-refractivity contribution in [1.82, 2.24) is 4.57 Å². The monoisotopic (exact) mass is 474 g/mol. The molecule has 3 aromatic rings. The Bertz CT molecular complexity index is 1400. The molecule has 0 aliphatic carbocycles. The predicted octanol–water partition coefficient (Wildman–Crippen LogP) is 3.70. The van der Waals surface area contributed by atoms with Gasteiger partial charge >= 0.3 is 0 Å². The summed E-state index contributed by atoms with van der Waals surface area (Å²) in [6, 6.07) is 8.04. The Morgan fingerprint density at radius 1 is 1.06 bits per heavy atom. The van der Waals surface area contributed by atoms with Crippen molar-refractivity contribution in [3.05, 3.63) is 75.7 Å². The number of sulfone groups is 1. The number of pyridine rings is 1. The van der Waals surface area contributed by atoms with Crippen molar-refractivity contribution in [2.75, 3.05) is 24.3 Å². The van der Waals surface area contributed by atoms with E-state index in [1.54, 1.807) is 24.2 Å². The van der Waals surface area contributed by atoms with Gasteiger partial charge in [0.25, 0.3) is 5.56 Å². The number of rotatable bonds is 5. The van der Waals surface area contributed by atoms with Crippen molar-refractivity contribution in [2.45, 2.75) is 24.8 Å². The number of halogens is 2. The number of ether oxygens (including phenoxy) is 1. The van der Waals surface area contributed by atoms with Gasteiger partial charge in [0.05, 0.1) is 17.2 Å². The molecule has 0 saturated heterocycles. The number of nitrogens with zero attached hydrogens (tertiary/aromatic N) is 2. The summed E-state index contributed by atoms with van der Waals surface area (Å²) >= 11 is 0. The molecule has 0 saturated carbocycles. The number of hydrogen-bond donors (Lipinski definition) is 0. The number of aromatic nitrogens is 1. The standard InChI is InChI=1S/C24H24F2N2O4S/c1-4-32-23-8-6-16(33(3,30)31)12-18(23)19-13-27(2)24(29)17-9-10-28(14-20(17)19)22-7-5-15(25)11-21(22)26/h5-8,11-13H,4,9-10,14H2,1-3H3. The van der Waals surface area contributed by atoms with Gasteiger partial charge in [-0.25, -0.2) is 17.2 Å². The van der Waals surface area contributed by atoms with Crippen molar-refractivity contribution in [3.8, 4) is 16.9 Å². The molecular weight excluding hydrogens is 450 g/mol. The quantitative estimate of drug-likeness (QED) is 0.564. The van der Waals surface area contributed by atoms with Crippen LogP contribution in [0.3, 0.4) is 0 Å². The van der Waals surface area contributed by atoms with E-state index in [1.165, 1.54) is 28.8 Å². The molecule has 2 aromatic carbocycles. The van der Waals surface area contributed by atoms with E-state index in [0.717, 1.165) is 12.3 Å². The van der Waals surface area contributed by atoms with Gasteiger partial charge in [0.15, 0.2) is 9.84 Å². The Kier molecular flexibility index (Phi) is 6.00. The van der Waals surface area contributed by atoms with Crippen molar-refractivity contribution in [3.63, 3.8) is 0 Å². The fourth-order valence-electron chi connectivity index (χ4n) is 4.20. The summed E-state index contributed by atoms with van der Waals surface area (Å²) in [6.07, 6.45) is 3.14. The molecule has 174 valence electrons. The molecule has 6 nitrogen and oxygen atoms in total. The third-order valence-corrected chi connectivity index (χ3v) is 6.90. The van der Waals surface area contributed by atoms with Crippen molar-refractivity contribution in [1.29, 1.82) is 0 Å². The van der Waals surface area contributed by atoms with Gasteiger partial charge in [-0.3, -0.25) is 4.79 Å². The van der Waals surface area contributed by atoms with E-state index in [9.17, 15) is 22.0 Å². The molecular formula is C24H24F2N2O4S. The zero-order chi connectivity index (χ0) is 23.9. The van der Waals surface area contributed by atoms with Crippen LogP contribution in [0.1, 0.15) is 18.1 Å². The average molecular weight is 475 g/mol. The number of aryl methyl sites for hydroxylation is 1. The molecule has 0 bridgehead atoms. The second kappa shape index (κ2) is 8.62. The summed E-state index contributed by atoms with van der Waals surface area (Å²) in [6.45, 7) is 2.78. The van der Waals surface area contributed by atoms with E-state index < -0.39 is 21.5 Å². The van der Waals surface area contributed by atoms with E-state index in [0.29, 0.717) is 47.6 Å². The SMILES string of the molecule is CCOc1ccc(S(C)(=O)=O)cc1-c1cn(C)c(=O)c2c1CN(c1ccc(F)cc1F)CC2. The van der Waals surface area contributed by atoms with E-state index in [-0.39, 0.29) is 22.7 Å². The third-order valence-electron chi connectivity index (χ3n) is 5.79. The van der Waals surface area contributed by atoms with Gasteiger partial charge < -0.3 is 14.2 Å². The van der Waals surface area contributed by atoms with Crippen LogP contribution >= 0.6 is 0 Å². The number of anilines is 1. The topological polar surface area (TPSA) is 68.6 Å². The lowest BCUT2D eigenvalue weighted by Crippen LogP contribution is -2.36. The molecule has 0 fully saturated rings. The van der Waals surface area contributed by atoms with E-state index in [2.05, 4.69) is 0 Å². The summed E-state index contributed by atoms with van der Waals surface area (Å²) in [5.74, 6) is -0.865. The summed E-state index contributed by atoms with van der Waals surface area (Å²) in [5.41, 5.74) is 2.50. The first-order valence-corrected chi connectivity index (χ1v) is 12.4. The molecule has 33 heavy (non-hydrogen) atoms. The Labute approximate surface area is 191 Å². The number of hydrogen-bond acceptors (Lipinski definition) is 5. The van der Waals surface area contributed by atoms with Crippen molar-refractivity contribution >= 4 is 15.5 Å². The van der Waals surface area contributed by atoms with Crippen LogP contribution in [-0.4, -0.2) is 32.4 Å². The second-order valence-electron chi connectivity index (χ2n) is 8.05. The van der Waals surface area contributed by atoms with E-state index in [4.69, 9.17) is 4.74 Å². The van der Waals surface area contributed by atoms with Crippen LogP contribution in [-0.2, 0) is 29.9 Å². The van der Waals surface area contributed by atoms with Crippen LogP contribution < -0.4 is 15.2 Å². The zero-order valence-corrected chi connectivity index (χ0v) is 19.4. The largest absolute Gasteiger partial charge is 0.493 e. The minimum absolute atomic E-state index is 0.126. The Balaban J connectivity index is 1.92. The Morgan fingerprint density at radius 3 is 2.48 bits per heavy atom. The molecule has 1 aliphatic heterocycles. The molecule has 0 amide bonds. The molecule has 2 heterocycles. The number of benzene rings is 2. The fraction of sp³-hybridized carbons (Fsp3) is 0.292. The maximum absolute atomic E-state index is 14.5. The van der Waals surface area contributed by atoms with Gasteiger partial charge in [-0.1, -0.05) is 0 Å². The molecule has 9 heteroatoms. The highest BCUT2D eigenvalue weighted by atomic mass is 32.2. The molecule has 0 N–H and O–H groups in total. The summed E-state index contributed by atoms with van der Waals surface area (Å²) in [5, 5.41) is 0. The van der Waals surface area contributed by atoms with Crippen LogP contribution in [0.25, 0.3) is 11.1 Å². The predicted molar refractivity (Wildman–Crippen MR) is 123 cm³/mol. The summed E-state index contributed by atoms with van der Waals surface area (Å²) in [4.78, 5) is 14.8. The summed E-state index contributed by atoms with van der Waals surface area (Å²) < 4.78 is 59.6. The van der Waals surface area contributed by atoms with Gasteiger partial charge in [-0.15, -0.1) is 0 Å².